The van der Waals surface area contributed by atoms with Crippen LogP contribution in [0.2, 0.25) is 0 Å². The van der Waals surface area contributed by atoms with Gasteiger partial charge in [0.05, 0.1) is 11.8 Å². The lowest BCUT2D eigenvalue weighted by Crippen LogP contribution is -2.24. The second kappa shape index (κ2) is 4.31. The fourth-order valence-corrected chi connectivity index (χ4v) is 1.01. The van der Waals surface area contributed by atoms with E-state index in [2.05, 4.69) is 10.9 Å². The standard InChI is InChI=1S/C12H12FNO2/c1-5-8-6-9(10(13)7-14-8)11(15)16-12(2,3)4/h1,6-7H,2-4H3. The van der Waals surface area contributed by atoms with Gasteiger partial charge in [0.15, 0.2) is 5.82 Å². The van der Waals surface area contributed by atoms with E-state index in [9.17, 15) is 9.18 Å². The van der Waals surface area contributed by atoms with Crippen molar-refractivity contribution < 1.29 is 13.9 Å². The lowest BCUT2D eigenvalue weighted by molar-refractivity contribution is 0.00645. The average molecular weight is 221 g/mol. The van der Waals surface area contributed by atoms with E-state index in [1.165, 1.54) is 6.07 Å². The zero-order valence-corrected chi connectivity index (χ0v) is 9.37. The summed E-state index contributed by atoms with van der Waals surface area (Å²) >= 11 is 0. The average Bonchev–Trinajstić information content (AvgIpc) is 2.15. The molecule has 0 aliphatic rings. The molecule has 0 aromatic carbocycles. The maximum Gasteiger partial charge on any atom is 0.341 e. The molecule has 0 saturated carbocycles. The van der Waals surface area contributed by atoms with Crippen LogP contribution < -0.4 is 0 Å². The first-order valence-corrected chi connectivity index (χ1v) is 4.69. The largest absolute Gasteiger partial charge is 0.456 e. The minimum atomic E-state index is -0.746. The molecule has 0 aliphatic heterocycles. The minimum absolute atomic E-state index is 0.196. The Morgan fingerprint density at radius 3 is 2.69 bits per heavy atom. The zero-order valence-electron chi connectivity index (χ0n) is 9.37. The monoisotopic (exact) mass is 221 g/mol. The van der Waals surface area contributed by atoms with Crippen LogP contribution in [0, 0.1) is 18.2 Å². The summed E-state index contributed by atoms with van der Waals surface area (Å²) in [5, 5.41) is 0. The van der Waals surface area contributed by atoms with Gasteiger partial charge in [0.1, 0.15) is 11.3 Å². The van der Waals surface area contributed by atoms with E-state index in [0.717, 1.165) is 6.20 Å². The number of rotatable bonds is 1. The van der Waals surface area contributed by atoms with Gasteiger partial charge in [-0.3, -0.25) is 0 Å². The topological polar surface area (TPSA) is 39.2 Å². The van der Waals surface area contributed by atoms with Crippen LogP contribution >= 0.6 is 0 Å². The van der Waals surface area contributed by atoms with Crippen LogP contribution in [-0.4, -0.2) is 16.6 Å². The van der Waals surface area contributed by atoms with Crippen molar-refractivity contribution >= 4 is 5.97 Å². The van der Waals surface area contributed by atoms with Crippen molar-refractivity contribution in [2.24, 2.45) is 0 Å². The van der Waals surface area contributed by atoms with E-state index in [1.807, 2.05) is 0 Å². The molecular formula is C12H12FNO2. The van der Waals surface area contributed by atoms with Crippen molar-refractivity contribution in [3.05, 3.63) is 29.3 Å². The number of esters is 1. The maximum absolute atomic E-state index is 13.3. The highest BCUT2D eigenvalue weighted by Gasteiger charge is 2.21. The summed E-state index contributed by atoms with van der Waals surface area (Å²) in [5.74, 6) is 0.738. The highest BCUT2D eigenvalue weighted by molar-refractivity contribution is 5.90. The molecule has 4 heteroatoms. The number of hydrogen-bond acceptors (Lipinski definition) is 3. The Bertz CT molecular complexity index is 455. The Balaban J connectivity index is 3.04. The first kappa shape index (κ1) is 12.2. The van der Waals surface area contributed by atoms with Crippen LogP contribution in [0.25, 0.3) is 0 Å². The van der Waals surface area contributed by atoms with Crippen LogP contribution in [0.3, 0.4) is 0 Å². The second-order valence-corrected chi connectivity index (χ2v) is 4.20. The third-order valence-corrected chi connectivity index (χ3v) is 1.62. The summed E-state index contributed by atoms with van der Waals surface area (Å²) in [6.07, 6.45) is 6.02. The molecule has 0 saturated heterocycles. The molecule has 0 bridgehead atoms. The van der Waals surface area contributed by atoms with Gasteiger partial charge >= 0.3 is 5.97 Å². The number of aromatic nitrogens is 1. The van der Waals surface area contributed by atoms with Gasteiger partial charge in [-0.05, 0) is 26.8 Å². The molecule has 0 fully saturated rings. The van der Waals surface area contributed by atoms with E-state index in [0.29, 0.717) is 0 Å². The predicted molar refractivity (Wildman–Crippen MR) is 57.3 cm³/mol. The van der Waals surface area contributed by atoms with Gasteiger partial charge in [0, 0.05) is 0 Å². The lowest BCUT2D eigenvalue weighted by atomic mass is 10.1. The zero-order chi connectivity index (χ0) is 12.3. The molecule has 1 heterocycles. The summed E-state index contributed by atoms with van der Waals surface area (Å²) in [6, 6.07) is 1.20. The van der Waals surface area contributed by atoms with Crippen molar-refractivity contribution in [2.75, 3.05) is 0 Å². The molecule has 0 amide bonds. The van der Waals surface area contributed by atoms with Crippen molar-refractivity contribution in [1.29, 1.82) is 0 Å². The van der Waals surface area contributed by atoms with Gasteiger partial charge in [-0.15, -0.1) is 6.42 Å². The first-order chi connectivity index (χ1) is 7.33. The quantitative estimate of drug-likeness (QED) is 0.539. The van der Waals surface area contributed by atoms with E-state index < -0.39 is 17.4 Å². The Morgan fingerprint density at radius 1 is 1.56 bits per heavy atom. The summed E-state index contributed by atoms with van der Waals surface area (Å²) in [5.41, 5.74) is -0.677. The van der Waals surface area contributed by atoms with Crippen molar-refractivity contribution in [3.63, 3.8) is 0 Å². The molecule has 0 aliphatic carbocycles. The second-order valence-electron chi connectivity index (χ2n) is 4.20. The number of carbonyl (C=O) groups excluding carboxylic acids is 1. The molecule has 0 unspecified atom stereocenters. The Labute approximate surface area is 93.6 Å². The third-order valence-electron chi connectivity index (χ3n) is 1.62. The molecule has 3 nitrogen and oxygen atoms in total. The van der Waals surface area contributed by atoms with Crippen molar-refractivity contribution in [2.45, 2.75) is 26.4 Å². The molecule has 1 rings (SSSR count). The first-order valence-electron chi connectivity index (χ1n) is 4.69. The molecule has 0 N–H and O–H groups in total. The molecule has 0 spiro atoms. The smallest absolute Gasteiger partial charge is 0.341 e. The summed E-state index contributed by atoms with van der Waals surface area (Å²) in [7, 11) is 0. The molecule has 84 valence electrons. The normalized spacial score (nSPS) is 10.7. The van der Waals surface area contributed by atoms with Gasteiger partial charge in [0.2, 0.25) is 0 Å². The minimum Gasteiger partial charge on any atom is -0.456 e. The number of halogens is 1. The summed E-state index contributed by atoms with van der Waals surface area (Å²) in [6.45, 7) is 5.10. The molecule has 1 aromatic rings. The van der Waals surface area contributed by atoms with E-state index in [-0.39, 0.29) is 11.3 Å². The van der Waals surface area contributed by atoms with Crippen molar-refractivity contribution in [1.82, 2.24) is 4.98 Å². The molecular weight excluding hydrogens is 209 g/mol. The summed E-state index contributed by atoms with van der Waals surface area (Å²) in [4.78, 5) is 15.2. The van der Waals surface area contributed by atoms with E-state index in [4.69, 9.17) is 11.2 Å². The molecule has 16 heavy (non-hydrogen) atoms. The maximum atomic E-state index is 13.3. The van der Waals surface area contributed by atoms with Gasteiger partial charge in [-0.25, -0.2) is 14.2 Å². The van der Waals surface area contributed by atoms with Crippen LogP contribution in [-0.2, 0) is 4.74 Å². The van der Waals surface area contributed by atoms with Crippen molar-refractivity contribution in [3.8, 4) is 12.3 Å². The fraction of sp³-hybridized carbons (Fsp3) is 0.333. The lowest BCUT2D eigenvalue weighted by Gasteiger charge is -2.19. The SMILES string of the molecule is C#Cc1cc(C(=O)OC(C)(C)C)c(F)cn1. The van der Waals surface area contributed by atoms with Crippen LogP contribution in [0.5, 0.6) is 0 Å². The highest BCUT2D eigenvalue weighted by atomic mass is 19.1. The number of carbonyl (C=O) groups is 1. The van der Waals surface area contributed by atoms with Gasteiger partial charge in [-0.2, -0.15) is 0 Å². The number of nitrogens with zero attached hydrogens (tertiary/aromatic N) is 1. The third kappa shape index (κ3) is 3.06. The number of pyridine rings is 1. The van der Waals surface area contributed by atoms with Gasteiger partial charge < -0.3 is 4.74 Å². The Morgan fingerprint density at radius 2 is 2.19 bits per heavy atom. The van der Waals surface area contributed by atoms with Gasteiger partial charge in [0.25, 0.3) is 0 Å². The van der Waals surface area contributed by atoms with Gasteiger partial charge in [-0.1, -0.05) is 5.92 Å². The Kier molecular flexibility index (Phi) is 3.28. The number of terminal acetylenes is 1. The predicted octanol–water partition coefficient (Wildman–Crippen LogP) is 2.16. The van der Waals surface area contributed by atoms with Crippen LogP contribution in [0.15, 0.2) is 12.3 Å². The fourth-order valence-electron chi connectivity index (χ4n) is 1.01. The van der Waals surface area contributed by atoms with E-state index in [1.54, 1.807) is 20.8 Å². The highest BCUT2D eigenvalue weighted by Crippen LogP contribution is 2.14. The molecule has 0 radical (unpaired) electrons. The van der Waals surface area contributed by atoms with Crippen LogP contribution in [0.4, 0.5) is 4.39 Å². The Hall–Kier alpha value is -1.89. The number of hydrogen-bond donors (Lipinski definition) is 0. The summed E-state index contributed by atoms with van der Waals surface area (Å²) < 4.78 is 18.3. The molecule has 1 aromatic heterocycles. The molecule has 0 atom stereocenters. The number of ether oxygens (including phenoxy) is 1. The van der Waals surface area contributed by atoms with E-state index >= 15 is 0 Å². The van der Waals surface area contributed by atoms with Crippen LogP contribution in [0.1, 0.15) is 36.8 Å².